The van der Waals surface area contributed by atoms with Crippen LogP contribution in [0, 0.1) is 0 Å². The van der Waals surface area contributed by atoms with Crippen LogP contribution in [0.5, 0.6) is 0 Å². The fourth-order valence-electron chi connectivity index (χ4n) is 0.767. The first kappa shape index (κ1) is 10.3. The zero-order valence-electron chi connectivity index (χ0n) is 7.06. The Bertz CT molecular complexity index is 339. The van der Waals surface area contributed by atoms with Gasteiger partial charge in [0.1, 0.15) is 12.6 Å². The van der Waals surface area contributed by atoms with Crippen molar-refractivity contribution < 1.29 is 29.0 Å². The Morgan fingerprint density at radius 2 is 2.07 bits per heavy atom. The lowest BCUT2D eigenvalue weighted by Crippen LogP contribution is -2.21. The zero-order chi connectivity index (χ0) is 10.6. The number of rotatable bonds is 4. The van der Waals surface area contributed by atoms with E-state index in [1.807, 2.05) is 0 Å². The SMILES string of the molecule is O=C([O-])c1ccc(C(=O)OCCO)o1. The van der Waals surface area contributed by atoms with Gasteiger partial charge in [-0.2, -0.15) is 0 Å². The largest absolute Gasteiger partial charge is 0.542 e. The third-order valence-corrected chi connectivity index (χ3v) is 1.33. The monoisotopic (exact) mass is 199 g/mol. The fraction of sp³-hybridized carbons (Fsp3) is 0.250. The van der Waals surface area contributed by atoms with E-state index in [-0.39, 0.29) is 19.0 Å². The van der Waals surface area contributed by atoms with Gasteiger partial charge in [-0.15, -0.1) is 0 Å². The van der Waals surface area contributed by atoms with Gasteiger partial charge in [-0.3, -0.25) is 0 Å². The van der Waals surface area contributed by atoms with Gasteiger partial charge in [-0.25, -0.2) is 4.79 Å². The maximum absolute atomic E-state index is 11.0. The molecule has 0 aliphatic rings. The Hall–Kier alpha value is -1.82. The summed E-state index contributed by atoms with van der Waals surface area (Å²) < 4.78 is 9.06. The van der Waals surface area contributed by atoms with Gasteiger partial charge in [0.25, 0.3) is 0 Å². The lowest BCUT2D eigenvalue weighted by molar-refractivity contribution is -0.257. The van der Waals surface area contributed by atoms with Crippen molar-refractivity contribution in [3.8, 4) is 0 Å². The van der Waals surface area contributed by atoms with Gasteiger partial charge in [-0.05, 0) is 12.1 Å². The number of hydrogen-bond donors (Lipinski definition) is 1. The summed E-state index contributed by atoms with van der Waals surface area (Å²) in [4.78, 5) is 21.3. The van der Waals surface area contributed by atoms with Crippen LogP contribution >= 0.6 is 0 Å². The predicted molar refractivity (Wildman–Crippen MR) is 40.4 cm³/mol. The first-order valence-electron chi connectivity index (χ1n) is 3.74. The molecule has 0 spiro atoms. The number of aliphatic hydroxyl groups excluding tert-OH is 1. The Labute approximate surface area is 78.7 Å². The molecule has 1 heterocycles. The van der Waals surface area contributed by atoms with Gasteiger partial charge in [-0.1, -0.05) is 0 Å². The van der Waals surface area contributed by atoms with Crippen molar-refractivity contribution in [3.05, 3.63) is 23.7 Å². The summed E-state index contributed by atoms with van der Waals surface area (Å²) in [6.07, 6.45) is 0. The summed E-state index contributed by atoms with van der Waals surface area (Å²) in [5, 5.41) is 18.6. The molecular weight excluding hydrogens is 192 g/mol. The van der Waals surface area contributed by atoms with E-state index in [0.29, 0.717) is 0 Å². The number of hydrogen-bond acceptors (Lipinski definition) is 6. The third-order valence-electron chi connectivity index (χ3n) is 1.33. The lowest BCUT2D eigenvalue weighted by atomic mass is 10.4. The molecule has 14 heavy (non-hydrogen) atoms. The van der Waals surface area contributed by atoms with Crippen molar-refractivity contribution >= 4 is 11.9 Å². The van der Waals surface area contributed by atoms with Gasteiger partial charge >= 0.3 is 5.97 Å². The van der Waals surface area contributed by atoms with Crippen molar-refractivity contribution in [2.24, 2.45) is 0 Å². The van der Waals surface area contributed by atoms with E-state index < -0.39 is 17.7 Å². The molecule has 0 aromatic carbocycles. The van der Waals surface area contributed by atoms with Gasteiger partial charge in [0.05, 0.1) is 6.61 Å². The second-order valence-electron chi connectivity index (χ2n) is 2.31. The van der Waals surface area contributed by atoms with E-state index in [2.05, 4.69) is 9.15 Å². The van der Waals surface area contributed by atoms with Crippen LogP contribution in [-0.4, -0.2) is 30.3 Å². The van der Waals surface area contributed by atoms with Crippen molar-refractivity contribution in [2.45, 2.75) is 0 Å². The van der Waals surface area contributed by atoms with Crippen molar-refractivity contribution in [2.75, 3.05) is 13.2 Å². The summed E-state index contributed by atoms with van der Waals surface area (Å²) in [5.41, 5.74) is 0. The first-order chi connectivity index (χ1) is 6.65. The minimum absolute atomic E-state index is 0.166. The summed E-state index contributed by atoms with van der Waals surface area (Å²) in [7, 11) is 0. The molecule has 0 saturated heterocycles. The Balaban J connectivity index is 2.66. The second kappa shape index (κ2) is 4.43. The Morgan fingerprint density at radius 3 is 2.57 bits per heavy atom. The molecule has 6 nitrogen and oxygen atoms in total. The second-order valence-corrected chi connectivity index (χ2v) is 2.31. The first-order valence-corrected chi connectivity index (χ1v) is 3.74. The third kappa shape index (κ3) is 2.33. The number of ether oxygens (including phenoxy) is 1. The molecule has 0 aliphatic carbocycles. The van der Waals surface area contributed by atoms with Crippen LogP contribution in [0.2, 0.25) is 0 Å². The molecule has 1 rings (SSSR count). The van der Waals surface area contributed by atoms with Gasteiger partial charge in [0.15, 0.2) is 5.76 Å². The highest BCUT2D eigenvalue weighted by molar-refractivity contribution is 5.89. The normalized spacial score (nSPS) is 9.79. The molecular formula is C8H7O6-. The number of carboxylic acids is 1. The predicted octanol–water partition coefficient (Wildman–Crippen LogP) is -1.21. The summed E-state index contributed by atoms with van der Waals surface area (Å²) in [5.74, 6) is -3.02. The molecule has 0 aliphatic heterocycles. The molecule has 0 amide bonds. The van der Waals surface area contributed by atoms with Crippen molar-refractivity contribution in [3.63, 3.8) is 0 Å². The number of esters is 1. The minimum Gasteiger partial charge on any atom is -0.542 e. The summed E-state index contributed by atoms with van der Waals surface area (Å²) in [6, 6.07) is 2.25. The van der Waals surface area contributed by atoms with E-state index >= 15 is 0 Å². The van der Waals surface area contributed by atoms with Crippen LogP contribution < -0.4 is 5.11 Å². The van der Waals surface area contributed by atoms with Crippen LogP contribution in [0.1, 0.15) is 21.1 Å². The quantitative estimate of drug-likeness (QED) is 0.611. The molecule has 0 saturated carbocycles. The smallest absolute Gasteiger partial charge is 0.374 e. The minimum atomic E-state index is -1.51. The molecule has 1 aromatic heterocycles. The van der Waals surface area contributed by atoms with Gasteiger partial charge in [0.2, 0.25) is 5.76 Å². The van der Waals surface area contributed by atoms with Crippen LogP contribution in [0.3, 0.4) is 0 Å². The summed E-state index contributed by atoms with van der Waals surface area (Å²) in [6.45, 7) is -0.472. The Kier molecular flexibility index (Phi) is 3.24. The Morgan fingerprint density at radius 1 is 1.43 bits per heavy atom. The molecule has 1 N–H and O–H groups in total. The number of aromatic carboxylic acids is 1. The average Bonchev–Trinajstić information content (AvgIpc) is 2.62. The average molecular weight is 199 g/mol. The highest BCUT2D eigenvalue weighted by Gasteiger charge is 2.12. The zero-order valence-corrected chi connectivity index (χ0v) is 7.06. The molecule has 0 radical (unpaired) electrons. The molecule has 1 aromatic rings. The van der Waals surface area contributed by atoms with Gasteiger partial charge in [0, 0.05) is 0 Å². The standard InChI is InChI=1S/C8H8O6/c9-3-4-13-8(12)6-2-1-5(14-6)7(10)11/h1-2,9H,3-4H2,(H,10,11)/p-1. The fourth-order valence-corrected chi connectivity index (χ4v) is 0.767. The summed E-state index contributed by atoms with van der Waals surface area (Å²) >= 11 is 0. The van der Waals surface area contributed by atoms with Gasteiger partial charge < -0.3 is 24.2 Å². The van der Waals surface area contributed by atoms with E-state index in [1.54, 1.807) is 0 Å². The van der Waals surface area contributed by atoms with E-state index in [9.17, 15) is 14.7 Å². The topological polar surface area (TPSA) is 99.8 Å². The number of carboxylic acid groups (broad SMARTS) is 1. The van der Waals surface area contributed by atoms with Crippen molar-refractivity contribution in [1.82, 2.24) is 0 Å². The number of carbonyl (C=O) groups excluding carboxylic acids is 2. The molecule has 76 valence electrons. The highest BCUT2D eigenvalue weighted by atomic mass is 16.6. The number of carbonyl (C=O) groups is 2. The van der Waals surface area contributed by atoms with Crippen LogP contribution in [0.4, 0.5) is 0 Å². The van der Waals surface area contributed by atoms with Crippen LogP contribution in [-0.2, 0) is 4.74 Å². The highest BCUT2D eigenvalue weighted by Crippen LogP contribution is 2.08. The molecule has 0 fully saturated rings. The number of furan rings is 1. The lowest BCUT2D eigenvalue weighted by Gasteiger charge is -1.99. The molecule has 0 bridgehead atoms. The maximum atomic E-state index is 11.0. The maximum Gasteiger partial charge on any atom is 0.374 e. The van der Waals surface area contributed by atoms with Crippen molar-refractivity contribution in [1.29, 1.82) is 0 Å². The molecule has 6 heteroatoms. The van der Waals surface area contributed by atoms with Crippen LogP contribution in [0.25, 0.3) is 0 Å². The van der Waals surface area contributed by atoms with Crippen LogP contribution in [0.15, 0.2) is 16.5 Å². The van der Waals surface area contributed by atoms with E-state index in [4.69, 9.17) is 5.11 Å². The number of aliphatic hydroxyl groups is 1. The van der Waals surface area contributed by atoms with E-state index in [1.165, 1.54) is 0 Å². The molecule has 0 atom stereocenters. The van der Waals surface area contributed by atoms with E-state index in [0.717, 1.165) is 12.1 Å². The molecule has 0 unspecified atom stereocenters.